The second-order valence-corrected chi connectivity index (χ2v) is 11.0. The molecule has 0 spiro atoms. The Labute approximate surface area is 206 Å². The average Bonchev–Trinajstić information content (AvgIpc) is 3.36. The van der Waals surface area contributed by atoms with Gasteiger partial charge >= 0.3 is 0 Å². The van der Waals surface area contributed by atoms with Gasteiger partial charge in [0.05, 0.1) is 12.4 Å². The lowest BCUT2D eigenvalue weighted by molar-refractivity contribution is 0.0666. The van der Waals surface area contributed by atoms with Crippen LogP contribution in [0.15, 0.2) is 66.2 Å². The van der Waals surface area contributed by atoms with E-state index in [0.717, 1.165) is 41.8 Å². The molecule has 3 rings (SSSR count). The summed E-state index contributed by atoms with van der Waals surface area (Å²) in [6.45, 7) is 2.51. The van der Waals surface area contributed by atoms with E-state index < -0.39 is 15.9 Å². The Balaban J connectivity index is 1.61. The van der Waals surface area contributed by atoms with Crippen LogP contribution in [-0.2, 0) is 21.4 Å². The number of nitrogens with zero attached hydrogens (tertiary/aromatic N) is 1. The molecule has 1 unspecified atom stereocenters. The predicted molar refractivity (Wildman–Crippen MR) is 136 cm³/mol. The third-order valence-corrected chi connectivity index (χ3v) is 7.53. The van der Waals surface area contributed by atoms with E-state index in [-0.39, 0.29) is 11.9 Å². The summed E-state index contributed by atoms with van der Waals surface area (Å²) in [5, 5.41) is 2.79. The maximum atomic E-state index is 12.5. The quantitative estimate of drug-likeness (QED) is 0.280. The molecule has 1 heterocycles. The third-order valence-electron chi connectivity index (χ3n) is 5.45. The number of amides is 1. The minimum Gasteiger partial charge on any atom is -0.362 e. The summed E-state index contributed by atoms with van der Waals surface area (Å²) in [5.41, 5.74) is 2.15. The van der Waals surface area contributed by atoms with Gasteiger partial charge in [0.25, 0.3) is 5.91 Å². The summed E-state index contributed by atoms with van der Waals surface area (Å²) in [6.07, 6.45) is 7.27. The van der Waals surface area contributed by atoms with Crippen LogP contribution in [-0.4, -0.2) is 25.1 Å². The van der Waals surface area contributed by atoms with E-state index in [9.17, 15) is 13.2 Å². The van der Waals surface area contributed by atoms with Gasteiger partial charge in [0.2, 0.25) is 10.0 Å². The van der Waals surface area contributed by atoms with Crippen molar-refractivity contribution in [3.8, 4) is 0 Å². The molecule has 6 nitrogen and oxygen atoms in total. The molecule has 0 aliphatic carbocycles. The third kappa shape index (κ3) is 8.34. The van der Waals surface area contributed by atoms with Crippen molar-refractivity contribution >= 4 is 27.3 Å². The maximum absolute atomic E-state index is 12.5. The van der Waals surface area contributed by atoms with Gasteiger partial charge in [-0.05, 0) is 29.7 Å². The highest BCUT2D eigenvalue weighted by atomic mass is 32.2. The highest BCUT2D eigenvalue weighted by molar-refractivity contribution is 7.90. The molecule has 0 fully saturated rings. The number of rotatable bonds is 14. The van der Waals surface area contributed by atoms with Crippen molar-refractivity contribution in [2.45, 2.75) is 58.2 Å². The standard InChI is InChI=1S/C26H32N2O4S2/c1-2-3-4-5-6-10-19-34(30,31)28-26(29)23-15-13-22(14-16-23)25(21-11-8-7-9-12-21)32-20-24-27-17-18-33-24/h7-9,11-18,25H,2-6,10,19-20H2,1H3,(H,28,29). The fraction of sp³-hybridized carbons (Fsp3) is 0.385. The molecule has 1 aromatic heterocycles. The summed E-state index contributed by atoms with van der Waals surface area (Å²) in [5.74, 6) is -0.651. The maximum Gasteiger partial charge on any atom is 0.264 e. The van der Waals surface area contributed by atoms with Crippen LogP contribution in [0, 0.1) is 0 Å². The number of ether oxygens (including phenoxy) is 1. The number of carbonyl (C=O) groups is 1. The van der Waals surface area contributed by atoms with Gasteiger partial charge in [-0.3, -0.25) is 4.79 Å². The zero-order valence-electron chi connectivity index (χ0n) is 19.5. The second kappa shape index (κ2) is 13.4. The molecule has 1 amide bonds. The average molecular weight is 501 g/mol. The van der Waals surface area contributed by atoms with E-state index >= 15 is 0 Å². The summed E-state index contributed by atoms with van der Waals surface area (Å²) < 4.78 is 33.0. The van der Waals surface area contributed by atoms with Gasteiger partial charge in [-0.2, -0.15) is 0 Å². The normalized spacial score (nSPS) is 12.4. The first-order chi connectivity index (χ1) is 16.5. The van der Waals surface area contributed by atoms with Gasteiger partial charge < -0.3 is 4.74 Å². The van der Waals surface area contributed by atoms with Crippen molar-refractivity contribution in [1.82, 2.24) is 9.71 Å². The largest absolute Gasteiger partial charge is 0.362 e. The second-order valence-electron chi connectivity index (χ2n) is 8.17. The molecule has 8 heteroatoms. The van der Waals surface area contributed by atoms with E-state index in [4.69, 9.17) is 4.74 Å². The molecule has 1 atom stereocenters. The van der Waals surface area contributed by atoms with Crippen LogP contribution >= 0.6 is 11.3 Å². The number of hydrogen-bond donors (Lipinski definition) is 1. The van der Waals surface area contributed by atoms with Crippen molar-refractivity contribution in [3.63, 3.8) is 0 Å². The first kappa shape index (κ1) is 26.1. The fourth-order valence-corrected chi connectivity index (χ4v) is 5.25. The van der Waals surface area contributed by atoms with Crippen molar-refractivity contribution in [2.24, 2.45) is 0 Å². The first-order valence-corrected chi connectivity index (χ1v) is 14.2. The Morgan fingerprint density at radius 2 is 1.65 bits per heavy atom. The minimum atomic E-state index is -3.65. The summed E-state index contributed by atoms with van der Waals surface area (Å²) in [4.78, 5) is 16.8. The molecule has 0 saturated carbocycles. The summed E-state index contributed by atoms with van der Waals surface area (Å²) in [6, 6.07) is 16.7. The van der Waals surface area contributed by atoms with Gasteiger partial charge in [0.15, 0.2) is 0 Å². The number of carbonyl (C=O) groups excluding carboxylic acids is 1. The Bertz CT molecular complexity index is 1100. The van der Waals surface area contributed by atoms with Crippen LogP contribution in [0.2, 0.25) is 0 Å². The molecule has 3 aromatic rings. The smallest absolute Gasteiger partial charge is 0.264 e. The number of hydrogen-bond acceptors (Lipinski definition) is 6. The molecule has 0 saturated heterocycles. The number of sulfonamides is 1. The van der Waals surface area contributed by atoms with Crippen LogP contribution in [0.25, 0.3) is 0 Å². The Morgan fingerprint density at radius 1 is 0.971 bits per heavy atom. The Morgan fingerprint density at radius 3 is 2.32 bits per heavy atom. The Hall–Kier alpha value is -2.55. The lowest BCUT2D eigenvalue weighted by atomic mass is 10.00. The number of nitrogens with one attached hydrogen (secondary N) is 1. The monoisotopic (exact) mass is 500 g/mol. The van der Waals surface area contributed by atoms with Gasteiger partial charge in [0.1, 0.15) is 11.1 Å². The molecule has 0 aliphatic heterocycles. The van der Waals surface area contributed by atoms with Crippen molar-refractivity contribution < 1.29 is 17.9 Å². The zero-order valence-corrected chi connectivity index (χ0v) is 21.1. The molecule has 1 N–H and O–H groups in total. The SMILES string of the molecule is CCCCCCCCS(=O)(=O)NC(=O)c1ccc(C(OCc2nccs2)c2ccccc2)cc1. The predicted octanol–water partition coefficient (Wildman–Crippen LogP) is 5.87. The van der Waals surface area contributed by atoms with Crippen LogP contribution in [0.4, 0.5) is 0 Å². The minimum absolute atomic E-state index is 0.0381. The summed E-state index contributed by atoms with van der Waals surface area (Å²) in [7, 11) is -3.65. The van der Waals surface area contributed by atoms with Gasteiger partial charge in [-0.1, -0.05) is 81.5 Å². The molecule has 0 radical (unpaired) electrons. The summed E-state index contributed by atoms with van der Waals surface area (Å²) >= 11 is 1.53. The first-order valence-electron chi connectivity index (χ1n) is 11.7. The van der Waals surface area contributed by atoms with Crippen LogP contribution in [0.1, 0.15) is 78.0 Å². The van der Waals surface area contributed by atoms with Gasteiger partial charge in [-0.25, -0.2) is 18.1 Å². The molecule has 182 valence electrons. The van der Waals surface area contributed by atoms with Crippen LogP contribution in [0.5, 0.6) is 0 Å². The molecular weight excluding hydrogens is 468 g/mol. The lowest BCUT2D eigenvalue weighted by Crippen LogP contribution is -2.32. The van der Waals surface area contributed by atoms with Gasteiger partial charge in [0, 0.05) is 17.1 Å². The zero-order chi connectivity index (χ0) is 24.2. The topological polar surface area (TPSA) is 85.4 Å². The highest BCUT2D eigenvalue weighted by Gasteiger charge is 2.19. The van der Waals surface area contributed by atoms with Crippen molar-refractivity contribution in [2.75, 3.05) is 5.75 Å². The molecule has 0 aliphatic rings. The van der Waals surface area contributed by atoms with E-state index in [0.29, 0.717) is 18.6 Å². The van der Waals surface area contributed by atoms with Crippen molar-refractivity contribution in [1.29, 1.82) is 0 Å². The number of aromatic nitrogens is 1. The van der Waals surface area contributed by atoms with E-state index in [1.807, 2.05) is 35.7 Å². The highest BCUT2D eigenvalue weighted by Crippen LogP contribution is 2.28. The molecule has 2 aromatic carbocycles. The fourth-order valence-electron chi connectivity index (χ4n) is 3.62. The Kier molecular flexibility index (Phi) is 10.2. The van der Waals surface area contributed by atoms with Crippen LogP contribution in [0.3, 0.4) is 0 Å². The van der Waals surface area contributed by atoms with Gasteiger partial charge in [-0.15, -0.1) is 11.3 Å². The number of thiazole rings is 1. The van der Waals surface area contributed by atoms with E-state index in [1.54, 1.807) is 30.5 Å². The molecular formula is C26H32N2O4S2. The van der Waals surface area contributed by atoms with E-state index in [2.05, 4.69) is 16.6 Å². The number of benzene rings is 2. The molecule has 0 bridgehead atoms. The molecule has 34 heavy (non-hydrogen) atoms. The van der Waals surface area contributed by atoms with Crippen LogP contribution < -0.4 is 4.72 Å². The van der Waals surface area contributed by atoms with Crippen molar-refractivity contribution in [3.05, 3.63) is 87.9 Å². The number of unbranched alkanes of at least 4 members (excludes halogenated alkanes) is 5. The lowest BCUT2D eigenvalue weighted by Gasteiger charge is -2.19. The van der Waals surface area contributed by atoms with E-state index in [1.165, 1.54) is 17.8 Å².